The largest absolute Gasteiger partial charge is 0.339 e. The normalized spacial score (nSPS) is 11.5. The Kier molecular flexibility index (Phi) is 39.6. The topological polar surface area (TPSA) is 76.2 Å². The summed E-state index contributed by atoms with van der Waals surface area (Å²) in [5, 5.41) is 2.52. The molecule has 20 aromatic rings. The zero-order chi connectivity index (χ0) is 101. The van der Waals surface area contributed by atoms with Crippen molar-refractivity contribution in [3.05, 3.63) is 447 Å². The number of aryl methyl sites for hydroxylation is 14. The van der Waals surface area contributed by atoms with Gasteiger partial charge in [-0.1, -0.05) is 287 Å². The molecule has 0 saturated carbocycles. The van der Waals surface area contributed by atoms with Gasteiger partial charge in [0.05, 0.1) is 57.1 Å². The van der Waals surface area contributed by atoms with E-state index in [9.17, 15) is 0 Å². The zero-order valence-electron chi connectivity index (χ0n) is 89.8. The molecule has 0 atom stereocenters. The van der Waals surface area contributed by atoms with E-state index in [1.165, 1.54) is 235 Å². The van der Waals surface area contributed by atoms with Gasteiger partial charge in [-0.25, -0.2) is 0 Å². The molecule has 1 aliphatic rings. The number of fused-ring (bicyclic) bond motifs is 6. The molecule has 0 N–H and O–H groups in total. The van der Waals surface area contributed by atoms with Gasteiger partial charge < -0.3 is 22.8 Å². The molecule has 15 aromatic carbocycles. The molecule has 1 aliphatic carbocycles. The molecule has 5 aromatic heterocycles. The molecule has 0 spiro atoms. The maximum absolute atomic E-state index is 5.25. The van der Waals surface area contributed by atoms with Crippen molar-refractivity contribution in [2.45, 2.75) is 232 Å². The van der Waals surface area contributed by atoms with Crippen LogP contribution in [0.1, 0.15) is 220 Å². The number of nitrogens with zero attached hydrogens (tertiary/aromatic N) is 9. The van der Waals surface area contributed by atoms with Crippen LogP contribution in [0.2, 0.25) is 0 Å². The van der Waals surface area contributed by atoms with E-state index in [0.717, 1.165) is 122 Å². The van der Waals surface area contributed by atoms with E-state index in [-0.39, 0.29) is 85.8 Å². The van der Waals surface area contributed by atoms with Crippen LogP contribution >= 0.6 is 0 Å². The van der Waals surface area contributed by atoms with Crippen LogP contribution in [0, 0.1) is 93.5 Å². The zero-order valence-corrected chi connectivity index (χ0v) is 99.4. The molecular weight excluding hydrogens is 2540 g/mol. The second kappa shape index (κ2) is 52.5. The van der Waals surface area contributed by atoms with Gasteiger partial charge in [0.15, 0.2) is 0 Å². The van der Waals surface area contributed by atoms with E-state index in [2.05, 4.69) is 431 Å². The first kappa shape index (κ1) is 113. The summed E-state index contributed by atoms with van der Waals surface area (Å²) >= 11 is 0. The molecule has 0 bridgehead atoms. The molecular formula is C137H139Ir4N9-4. The third-order valence-electron chi connectivity index (χ3n) is 29.0. The number of hydrogen-bond acceptors (Lipinski definition) is 4. The van der Waals surface area contributed by atoms with Gasteiger partial charge in [0.25, 0.3) is 0 Å². The summed E-state index contributed by atoms with van der Waals surface area (Å²) in [5.74, 6) is 3.70. The van der Waals surface area contributed by atoms with Gasteiger partial charge in [0.2, 0.25) is 0 Å². The maximum atomic E-state index is 5.25. The molecule has 13 heteroatoms. The standard InChI is InChI=1S/C39H34N3.C38H39N2.C31H35N2.C29H31N2.4Ir/c1-4-5-14-29-23-27(2)38(28(3)24-29)41-26-35(40-39(41)30-15-7-6-8-16-30)31-17-13-18-32(25-31)42-36-21-11-9-19-33(36)34-20-10-12-22-37(34)42;1-6-7-8-10-15-28-22-26(2)36(27(3)23-28)40-25-35(39-37(40)29-16-11-9-12-17-29)30-20-21-34-32(24-30)31-18-13-14-19-33(31)38(34,4)5;1-6-7-8-10-13-26-19-24(4)30(25(5)20-26)33-21-29(28-17-22(2)16-23(3)18-28)32-31(33)27-14-11-9-12-15-27;1-4-5-6-9-14-24-19-22(2)28(23(3)20-24)31-21-27(25-15-10-7-11-16-25)30-29(31)26-17-12-8-13-18-26;;;;/h6-13,15,17-26H,4-5,14H2,1-3H3;9,11-14,16,18-25H,6-8,10,15H2,1-5H3;9,11-12,14,16-21H,6-8,10,13H2,1-5H3;7-8,10-13,15-17,19-21H,4-6,9,14H2,1-3H3;;;;/q4*-1;;;;. The Labute approximate surface area is 945 Å². The van der Waals surface area contributed by atoms with Gasteiger partial charge in [-0.15, -0.1) is 144 Å². The summed E-state index contributed by atoms with van der Waals surface area (Å²) in [5.41, 5.74) is 44.8. The fourth-order valence-corrected chi connectivity index (χ4v) is 22.2. The molecule has 4 radical (unpaired) electrons. The number of hydrogen-bond donors (Lipinski definition) is 0. The Morgan fingerprint density at radius 1 is 0.253 bits per heavy atom. The molecule has 5 heterocycles. The van der Waals surface area contributed by atoms with Crippen LogP contribution in [-0.2, 0) is 112 Å². The van der Waals surface area contributed by atoms with Gasteiger partial charge in [-0.3, -0.25) is 19.9 Å². The Hall–Kier alpha value is -12.5. The average Bonchev–Trinajstić information content (AvgIpc) is 1.57. The molecule has 9 nitrogen and oxygen atoms in total. The van der Waals surface area contributed by atoms with Crippen molar-refractivity contribution in [1.29, 1.82) is 0 Å². The number of rotatable bonds is 31. The van der Waals surface area contributed by atoms with Crippen LogP contribution in [-0.4, -0.2) is 42.8 Å². The van der Waals surface area contributed by atoms with Gasteiger partial charge in [0, 0.05) is 172 Å². The summed E-state index contributed by atoms with van der Waals surface area (Å²) < 4.78 is 11.4. The molecule has 0 saturated heterocycles. The third kappa shape index (κ3) is 25.6. The van der Waals surface area contributed by atoms with E-state index < -0.39 is 0 Å². The van der Waals surface area contributed by atoms with Crippen LogP contribution in [0.4, 0.5) is 0 Å². The van der Waals surface area contributed by atoms with Crippen molar-refractivity contribution in [3.63, 3.8) is 0 Å². The van der Waals surface area contributed by atoms with Crippen LogP contribution in [0.25, 0.3) is 152 Å². The Bertz CT molecular complexity index is 7770. The monoisotopic (exact) mass is 2680 g/mol. The fraction of sp³-hybridized carbons (Fsp3) is 0.255. The molecule has 0 amide bonds. The number of unbranched alkanes of at least 4 members (excludes halogenated alkanes) is 10. The minimum Gasteiger partial charge on any atom is -0.339 e. The van der Waals surface area contributed by atoms with Gasteiger partial charge in [0.1, 0.15) is 0 Å². The number of aromatic nitrogens is 9. The predicted octanol–water partition coefficient (Wildman–Crippen LogP) is 36.2. The number of imidazole rings is 4. The van der Waals surface area contributed by atoms with E-state index in [4.69, 9.17) is 19.9 Å². The Morgan fingerprint density at radius 2 is 0.567 bits per heavy atom. The first-order valence-corrected chi connectivity index (χ1v) is 53.3. The Morgan fingerprint density at radius 3 is 0.933 bits per heavy atom. The van der Waals surface area contributed by atoms with Crippen LogP contribution in [0.15, 0.2) is 334 Å². The maximum Gasteiger partial charge on any atom is 0.0772 e. The van der Waals surface area contributed by atoms with Crippen molar-refractivity contribution >= 4 is 21.8 Å². The average molecular weight is 2680 g/mol. The molecule has 772 valence electrons. The quantitative estimate of drug-likeness (QED) is 0.0320. The first-order chi connectivity index (χ1) is 71.1. The summed E-state index contributed by atoms with van der Waals surface area (Å²) in [6.07, 6.45) is 31.2. The van der Waals surface area contributed by atoms with Crippen LogP contribution in [0.3, 0.4) is 0 Å². The van der Waals surface area contributed by atoms with Gasteiger partial charge in [-0.2, -0.15) is 0 Å². The van der Waals surface area contributed by atoms with Crippen LogP contribution < -0.4 is 0 Å². The van der Waals surface area contributed by atoms with Crippen molar-refractivity contribution < 1.29 is 80.4 Å². The van der Waals surface area contributed by atoms with Gasteiger partial charge in [-0.05, 0) is 252 Å². The summed E-state index contributed by atoms with van der Waals surface area (Å²) in [7, 11) is 0. The summed E-state index contributed by atoms with van der Waals surface area (Å²) in [4.78, 5) is 20.7. The second-order valence-electron chi connectivity index (χ2n) is 40.8. The number of para-hydroxylation sites is 2. The van der Waals surface area contributed by atoms with Gasteiger partial charge >= 0.3 is 0 Å². The van der Waals surface area contributed by atoms with E-state index in [1.54, 1.807) is 0 Å². The molecule has 0 unspecified atom stereocenters. The van der Waals surface area contributed by atoms with E-state index >= 15 is 0 Å². The molecule has 150 heavy (non-hydrogen) atoms. The minimum absolute atomic E-state index is 0. The van der Waals surface area contributed by atoms with Crippen molar-refractivity contribution in [1.82, 2.24) is 42.8 Å². The first-order valence-electron chi connectivity index (χ1n) is 53.3. The molecule has 0 fully saturated rings. The third-order valence-corrected chi connectivity index (χ3v) is 29.0. The molecule has 21 rings (SSSR count). The van der Waals surface area contributed by atoms with E-state index in [0.29, 0.717) is 0 Å². The molecule has 0 aliphatic heterocycles. The predicted molar refractivity (Wildman–Crippen MR) is 615 cm³/mol. The van der Waals surface area contributed by atoms with Crippen LogP contribution in [0.5, 0.6) is 0 Å². The summed E-state index contributed by atoms with van der Waals surface area (Å²) in [6.45, 7) is 35.8. The Balaban J connectivity index is 0.000000157. The van der Waals surface area contributed by atoms with Crippen molar-refractivity contribution in [2.24, 2.45) is 0 Å². The summed E-state index contributed by atoms with van der Waals surface area (Å²) in [6, 6.07) is 124. The van der Waals surface area contributed by atoms with Crippen molar-refractivity contribution in [3.8, 4) is 130 Å². The number of benzene rings is 15. The van der Waals surface area contributed by atoms with E-state index in [1.807, 2.05) is 60.7 Å². The minimum atomic E-state index is 0. The van der Waals surface area contributed by atoms with Crippen molar-refractivity contribution in [2.75, 3.05) is 0 Å². The second-order valence-corrected chi connectivity index (χ2v) is 40.8. The SMILES string of the molecule is CCCCCCc1cc(C)c(-n2cc(-c3cc(C)cc(C)c3)nc2-c2[c-]cccc2)c(C)c1.CCCCCCc1cc(C)c(-n2cc(-c3ccc4c(c3)-c3ccccc3C4(C)C)nc2-c2[c-]cccc2)c(C)c1.CCCCCCc1cc(C)c(-n2cc(-c3ccccc3)nc2-c2[c-]cccc2)c(C)c1.CCCCc1cc(C)c(-n2cc(-c3cccc(-n4c5ccccc5c5ccccc54)c3)nc2-c2[c-]cccc2)c(C)c1.[Ir].[Ir].[Ir].[Ir]. The smallest absolute Gasteiger partial charge is 0.0772 e. The fourth-order valence-electron chi connectivity index (χ4n) is 22.2.